The Hall–Kier alpha value is -2.63. The Bertz CT molecular complexity index is 629. The molecule has 1 heterocycles. The van der Waals surface area contributed by atoms with E-state index in [1.165, 1.54) is 12.1 Å². The lowest BCUT2D eigenvalue weighted by molar-refractivity contribution is 0.0990. The molecule has 0 radical (unpaired) electrons. The SMILES string of the molecule is Cc1nc(C)c(C(=O)Nc2ccc(C(N)=O)cc2)o1. The Labute approximate surface area is 109 Å². The van der Waals surface area contributed by atoms with Crippen LogP contribution in [0, 0.1) is 13.8 Å². The van der Waals surface area contributed by atoms with E-state index < -0.39 is 5.91 Å². The molecule has 0 unspecified atom stereocenters. The first-order chi connectivity index (χ1) is 8.97. The van der Waals surface area contributed by atoms with Crippen molar-refractivity contribution in [1.82, 2.24) is 4.98 Å². The summed E-state index contributed by atoms with van der Waals surface area (Å²) in [6.45, 7) is 3.37. The molecule has 98 valence electrons. The number of primary amides is 1. The number of carbonyl (C=O) groups is 2. The maximum absolute atomic E-state index is 11.9. The Morgan fingerprint density at radius 3 is 2.32 bits per heavy atom. The van der Waals surface area contributed by atoms with Crippen LogP contribution < -0.4 is 11.1 Å². The van der Waals surface area contributed by atoms with Gasteiger partial charge in [0, 0.05) is 18.2 Å². The summed E-state index contributed by atoms with van der Waals surface area (Å²) in [5, 5.41) is 2.65. The van der Waals surface area contributed by atoms with Crippen molar-refractivity contribution >= 4 is 17.5 Å². The Balaban J connectivity index is 2.15. The molecule has 0 aliphatic carbocycles. The number of carbonyl (C=O) groups excluding carboxylic acids is 2. The highest BCUT2D eigenvalue weighted by Gasteiger charge is 2.15. The normalized spacial score (nSPS) is 10.2. The van der Waals surface area contributed by atoms with Gasteiger partial charge in [0.05, 0.1) is 5.69 Å². The summed E-state index contributed by atoms with van der Waals surface area (Å²) < 4.78 is 5.21. The number of oxazole rings is 1. The van der Waals surface area contributed by atoms with Crippen LogP contribution in [-0.2, 0) is 0 Å². The first-order valence-corrected chi connectivity index (χ1v) is 5.62. The van der Waals surface area contributed by atoms with E-state index in [0.29, 0.717) is 22.8 Å². The molecule has 6 nitrogen and oxygen atoms in total. The van der Waals surface area contributed by atoms with E-state index in [1.54, 1.807) is 26.0 Å². The summed E-state index contributed by atoms with van der Waals surface area (Å²) >= 11 is 0. The molecule has 0 bridgehead atoms. The summed E-state index contributed by atoms with van der Waals surface area (Å²) in [5.41, 5.74) is 6.58. The molecule has 0 fully saturated rings. The van der Waals surface area contributed by atoms with Crippen molar-refractivity contribution in [3.8, 4) is 0 Å². The summed E-state index contributed by atoms with van der Waals surface area (Å²) in [4.78, 5) is 26.9. The fourth-order valence-electron chi connectivity index (χ4n) is 1.65. The second-order valence-electron chi connectivity index (χ2n) is 4.04. The van der Waals surface area contributed by atoms with Crippen LogP contribution in [-0.4, -0.2) is 16.8 Å². The number of benzene rings is 1. The number of anilines is 1. The first kappa shape index (κ1) is 12.8. The second-order valence-corrected chi connectivity index (χ2v) is 4.04. The standard InChI is InChI=1S/C13H13N3O3/c1-7-11(19-8(2)15-7)13(18)16-10-5-3-9(4-6-10)12(14)17/h3-6H,1-2H3,(H2,14,17)(H,16,18). The molecule has 19 heavy (non-hydrogen) atoms. The van der Waals surface area contributed by atoms with E-state index in [1.807, 2.05) is 0 Å². The van der Waals surface area contributed by atoms with Crippen molar-refractivity contribution in [3.63, 3.8) is 0 Å². The van der Waals surface area contributed by atoms with Gasteiger partial charge in [-0.05, 0) is 31.2 Å². The fraction of sp³-hybridized carbons (Fsp3) is 0.154. The van der Waals surface area contributed by atoms with E-state index in [0.717, 1.165) is 0 Å². The van der Waals surface area contributed by atoms with Crippen molar-refractivity contribution in [1.29, 1.82) is 0 Å². The average Bonchev–Trinajstić information content (AvgIpc) is 2.69. The Kier molecular flexibility index (Phi) is 3.33. The third-order valence-electron chi connectivity index (χ3n) is 2.54. The minimum Gasteiger partial charge on any atom is -0.436 e. The van der Waals surface area contributed by atoms with E-state index in [2.05, 4.69) is 10.3 Å². The van der Waals surface area contributed by atoms with Crippen LogP contribution in [0.2, 0.25) is 0 Å². The first-order valence-electron chi connectivity index (χ1n) is 5.62. The lowest BCUT2D eigenvalue weighted by atomic mass is 10.2. The molecule has 2 aromatic rings. The fourth-order valence-corrected chi connectivity index (χ4v) is 1.65. The number of amides is 2. The molecular weight excluding hydrogens is 246 g/mol. The van der Waals surface area contributed by atoms with Crippen molar-refractivity contribution < 1.29 is 14.0 Å². The molecule has 3 N–H and O–H groups in total. The zero-order chi connectivity index (χ0) is 14.0. The number of nitrogens with zero attached hydrogens (tertiary/aromatic N) is 1. The average molecular weight is 259 g/mol. The van der Waals surface area contributed by atoms with E-state index in [-0.39, 0.29) is 11.7 Å². The van der Waals surface area contributed by atoms with Crippen molar-refractivity contribution in [3.05, 3.63) is 47.2 Å². The van der Waals surface area contributed by atoms with Crippen LogP contribution in [0.25, 0.3) is 0 Å². The number of nitrogens with one attached hydrogen (secondary N) is 1. The van der Waals surface area contributed by atoms with Crippen molar-refractivity contribution in [2.75, 3.05) is 5.32 Å². The van der Waals surface area contributed by atoms with E-state index in [9.17, 15) is 9.59 Å². The predicted molar refractivity (Wildman–Crippen MR) is 68.9 cm³/mol. The maximum atomic E-state index is 11.9. The molecule has 0 aliphatic heterocycles. The van der Waals surface area contributed by atoms with Gasteiger partial charge in [0.25, 0.3) is 5.91 Å². The van der Waals surface area contributed by atoms with Gasteiger partial charge in [-0.15, -0.1) is 0 Å². The zero-order valence-electron chi connectivity index (χ0n) is 10.6. The summed E-state index contributed by atoms with van der Waals surface area (Å²) in [7, 11) is 0. The highest BCUT2D eigenvalue weighted by Crippen LogP contribution is 2.14. The highest BCUT2D eigenvalue weighted by molar-refractivity contribution is 6.03. The molecule has 1 aromatic heterocycles. The number of hydrogen-bond acceptors (Lipinski definition) is 4. The van der Waals surface area contributed by atoms with Crippen LogP contribution in [0.15, 0.2) is 28.7 Å². The Morgan fingerprint density at radius 1 is 1.21 bits per heavy atom. The van der Waals surface area contributed by atoms with Crippen LogP contribution >= 0.6 is 0 Å². The number of hydrogen-bond donors (Lipinski definition) is 2. The van der Waals surface area contributed by atoms with Crippen molar-refractivity contribution in [2.24, 2.45) is 5.73 Å². The minimum absolute atomic E-state index is 0.177. The smallest absolute Gasteiger partial charge is 0.293 e. The Morgan fingerprint density at radius 2 is 1.84 bits per heavy atom. The highest BCUT2D eigenvalue weighted by atomic mass is 16.4. The third kappa shape index (κ3) is 2.79. The van der Waals surface area contributed by atoms with Gasteiger partial charge in [-0.25, -0.2) is 4.98 Å². The number of aromatic nitrogens is 1. The number of aryl methyl sites for hydroxylation is 2. The van der Waals surface area contributed by atoms with Gasteiger partial charge in [-0.2, -0.15) is 0 Å². The monoisotopic (exact) mass is 259 g/mol. The van der Waals surface area contributed by atoms with Gasteiger partial charge in [-0.3, -0.25) is 9.59 Å². The van der Waals surface area contributed by atoms with Gasteiger partial charge < -0.3 is 15.5 Å². The lowest BCUT2D eigenvalue weighted by Gasteiger charge is -2.04. The van der Waals surface area contributed by atoms with Crippen LogP contribution in [0.5, 0.6) is 0 Å². The van der Waals surface area contributed by atoms with Crippen LogP contribution in [0.3, 0.4) is 0 Å². The molecule has 2 rings (SSSR count). The van der Waals surface area contributed by atoms with Crippen LogP contribution in [0.1, 0.15) is 32.5 Å². The zero-order valence-corrected chi connectivity index (χ0v) is 10.6. The van der Waals surface area contributed by atoms with Gasteiger partial charge in [-0.1, -0.05) is 0 Å². The van der Waals surface area contributed by atoms with Crippen LogP contribution in [0.4, 0.5) is 5.69 Å². The third-order valence-corrected chi connectivity index (χ3v) is 2.54. The quantitative estimate of drug-likeness (QED) is 0.875. The molecule has 6 heteroatoms. The molecule has 0 spiro atoms. The number of nitrogens with two attached hydrogens (primary N) is 1. The van der Waals surface area contributed by atoms with Crippen molar-refractivity contribution in [2.45, 2.75) is 13.8 Å². The van der Waals surface area contributed by atoms with Gasteiger partial charge in [0.15, 0.2) is 5.89 Å². The van der Waals surface area contributed by atoms with E-state index >= 15 is 0 Å². The second kappa shape index (κ2) is 4.93. The number of rotatable bonds is 3. The molecule has 2 amide bonds. The maximum Gasteiger partial charge on any atom is 0.293 e. The minimum atomic E-state index is -0.514. The summed E-state index contributed by atoms with van der Waals surface area (Å²) in [6, 6.07) is 6.26. The molecule has 0 saturated carbocycles. The van der Waals surface area contributed by atoms with E-state index in [4.69, 9.17) is 10.2 Å². The molecule has 1 aromatic carbocycles. The molecule has 0 atom stereocenters. The molecule has 0 saturated heterocycles. The van der Waals surface area contributed by atoms with Gasteiger partial charge in [0.2, 0.25) is 11.7 Å². The molecular formula is C13H13N3O3. The largest absolute Gasteiger partial charge is 0.436 e. The van der Waals surface area contributed by atoms with Gasteiger partial charge in [0.1, 0.15) is 0 Å². The van der Waals surface area contributed by atoms with Gasteiger partial charge >= 0.3 is 0 Å². The summed E-state index contributed by atoms with van der Waals surface area (Å²) in [6.07, 6.45) is 0. The topological polar surface area (TPSA) is 98.2 Å². The summed E-state index contributed by atoms with van der Waals surface area (Å²) in [5.74, 6) is -0.285. The molecule has 0 aliphatic rings. The lowest BCUT2D eigenvalue weighted by Crippen LogP contribution is -2.13. The predicted octanol–water partition coefficient (Wildman–Crippen LogP) is 1.64.